The Kier molecular flexibility index (Phi) is 8.09. The molecule has 3 aliphatic heterocycles. The monoisotopic (exact) mass is 473 g/mol. The molecule has 1 N–H and O–H groups in total. The Bertz CT molecular complexity index is 948. The predicted molar refractivity (Wildman–Crippen MR) is 128 cm³/mol. The van der Waals surface area contributed by atoms with Crippen LogP contribution in [0.2, 0.25) is 0 Å². The summed E-state index contributed by atoms with van der Waals surface area (Å²) in [7, 11) is 0. The molecule has 0 unspecified atom stereocenters. The molecule has 0 radical (unpaired) electrons. The molecule has 5 nitrogen and oxygen atoms in total. The molecule has 0 amide bonds. The van der Waals surface area contributed by atoms with Crippen LogP contribution < -0.4 is 5.32 Å². The fourth-order valence-electron chi connectivity index (χ4n) is 2.97. The highest BCUT2D eigenvalue weighted by molar-refractivity contribution is 8.17. The first-order valence-corrected chi connectivity index (χ1v) is 9.91. The topological polar surface area (TPSA) is 52.9 Å². The zero-order chi connectivity index (χ0) is 16.6. The van der Waals surface area contributed by atoms with Crippen molar-refractivity contribution in [1.82, 2.24) is 9.88 Å². The Balaban J connectivity index is 0.000000934. The molecule has 5 rings (SSSR count). The number of hydrogen-bond acceptors (Lipinski definition) is 7. The minimum Gasteiger partial charge on any atom is -0.335 e. The average Bonchev–Trinajstić information content (AvgIpc) is 3.06. The highest BCUT2D eigenvalue weighted by Crippen LogP contribution is 2.37. The second-order valence-corrected chi connectivity index (χ2v) is 7.69. The number of fused-ring (bicyclic) bond motifs is 3. The first-order chi connectivity index (χ1) is 12.4. The summed E-state index contributed by atoms with van der Waals surface area (Å²) in [5, 5.41) is 7.62. The molecule has 0 saturated carbocycles. The lowest BCUT2D eigenvalue weighted by molar-refractivity contribution is 0.517. The summed E-state index contributed by atoms with van der Waals surface area (Å²) in [5.74, 6) is 1.72. The molecule has 0 atom stereocenters. The standard InChI is InChI=1S/C18H15N5S2.3ClH/c1-2-6-15-12(4-1)8-20-17(21-15)24-10-14-11-25-18-22-16-13(9-23(14)18)5-3-7-19-16;;;/h1-7,11H,8-10H2,(H,20,21);3*1H. The Morgan fingerprint density at radius 2 is 1.89 bits per heavy atom. The number of para-hydroxylation sites is 1. The third-order valence-electron chi connectivity index (χ3n) is 4.28. The molecule has 1 aromatic heterocycles. The number of halogens is 3. The molecule has 0 aliphatic carbocycles. The molecule has 28 heavy (non-hydrogen) atoms. The van der Waals surface area contributed by atoms with Crippen molar-refractivity contribution < 1.29 is 0 Å². The molecule has 0 bridgehead atoms. The second-order valence-electron chi connectivity index (χ2n) is 5.89. The minimum atomic E-state index is 0. The number of aliphatic imine (C=N–C) groups is 2. The van der Waals surface area contributed by atoms with Crippen molar-refractivity contribution in [1.29, 1.82) is 0 Å². The molecular weight excluding hydrogens is 457 g/mol. The lowest BCUT2D eigenvalue weighted by atomic mass is 10.1. The maximum atomic E-state index is 4.67. The van der Waals surface area contributed by atoms with Gasteiger partial charge in [0.1, 0.15) is 0 Å². The number of benzene rings is 1. The van der Waals surface area contributed by atoms with Crippen LogP contribution in [0.5, 0.6) is 0 Å². The zero-order valence-corrected chi connectivity index (χ0v) is 18.7. The van der Waals surface area contributed by atoms with Gasteiger partial charge in [-0.1, -0.05) is 47.8 Å². The summed E-state index contributed by atoms with van der Waals surface area (Å²) < 4.78 is 0. The molecule has 148 valence electrons. The van der Waals surface area contributed by atoms with Gasteiger partial charge in [-0.3, -0.25) is 4.99 Å². The van der Waals surface area contributed by atoms with Gasteiger partial charge >= 0.3 is 0 Å². The summed E-state index contributed by atoms with van der Waals surface area (Å²) in [6.07, 6.45) is 1.80. The normalized spacial score (nSPS) is 15.7. The lowest BCUT2D eigenvalue weighted by Crippen LogP contribution is -2.28. The maximum Gasteiger partial charge on any atom is 0.175 e. The summed E-state index contributed by atoms with van der Waals surface area (Å²) in [5.41, 5.74) is 4.85. The van der Waals surface area contributed by atoms with E-state index in [1.165, 1.54) is 16.8 Å². The van der Waals surface area contributed by atoms with E-state index in [0.717, 1.165) is 40.7 Å². The van der Waals surface area contributed by atoms with E-state index >= 15 is 0 Å². The molecule has 3 aliphatic rings. The summed E-state index contributed by atoms with van der Waals surface area (Å²) in [6.45, 7) is 1.58. The molecule has 0 spiro atoms. The van der Waals surface area contributed by atoms with Gasteiger partial charge in [-0.05, 0) is 23.1 Å². The third-order valence-corrected chi connectivity index (χ3v) is 6.14. The minimum absolute atomic E-state index is 0. The van der Waals surface area contributed by atoms with Gasteiger partial charge in [0, 0.05) is 28.9 Å². The molecule has 4 heterocycles. The van der Waals surface area contributed by atoms with Crippen molar-refractivity contribution in [3.8, 4) is 0 Å². The van der Waals surface area contributed by atoms with Gasteiger partial charge in [0.05, 0.1) is 13.1 Å². The van der Waals surface area contributed by atoms with Crippen LogP contribution in [0.4, 0.5) is 11.5 Å². The van der Waals surface area contributed by atoms with E-state index in [2.05, 4.69) is 60.9 Å². The molecule has 0 saturated heterocycles. The highest BCUT2D eigenvalue weighted by atomic mass is 35.5. The van der Waals surface area contributed by atoms with Crippen LogP contribution in [-0.2, 0) is 13.1 Å². The van der Waals surface area contributed by atoms with E-state index in [9.17, 15) is 0 Å². The molecule has 1 aromatic carbocycles. The zero-order valence-electron chi connectivity index (χ0n) is 14.6. The highest BCUT2D eigenvalue weighted by Gasteiger charge is 2.28. The van der Waals surface area contributed by atoms with E-state index in [1.54, 1.807) is 29.7 Å². The first kappa shape index (κ1) is 22.9. The van der Waals surface area contributed by atoms with Gasteiger partial charge in [0.25, 0.3) is 0 Å². The number of rotatable bonds is 2. The smallest absolute Gasteiger partial charge is 0.175 e. The number of pyridine rings is 1. The molecule has 0 fully saturated rings. The Morgan fingerprint density at radius 1 is 1.07 bits per heavy atom. The van der Waals surface area contributed by atoms with Crippen molar-refractivity contribution in [2.75, 3.05) is 11.1 Å². The van der Waals surface area contributed by atoms with Crippen LogP contribution in [0.15, 0.2) is 63.7 Å². The summed E-state index contributed by atoms with van der Waals surface area (Å²) in [4.78, 5) is 16.0. The fourth-order valence-corrected chi connectivity index (χ4v) is 4.84. The summed E-state index contributed by atoms with van der Waals surface area (Å²) in [6, 6.07) is 12.4. The van der Waals surface area contributed by atoms with Crippen molar-refractivity contribution in [3.63, 3.8) is 0 Å². The Hall–Kier alpha value is -1.38. The van der Waals surface area contributed by atoms with Gasteiger partial charge in [0.15, 0.2) is 16.2 Å². The van der Waals surface area contributed by atoms with Gasteiger partial charge in [-0.15, -0.1) is 37.2 Å². The van der Waals surface area contributed by atoms with E-state index in [0.29, 0.717) is 0 Å². The number of hydrogen-bond donors (Lipinski definition) is 1. The molecule has 10 heteroatoms. The Morgan fingerprint density at radius 3 is 2.79 bits per heavy atom. The van der Waals surface area contributed by atoms with Crippen molar-refractivity contribution in [2.45, 2.75) is 13.1 Å². The van der Waals surface area contributed by atoms with Crippen molar-refractivity contribution in [3.05, 3.63) is 64.8 Å². The maximum absolute atomic E-state index is 4.67. The molecule has 2 aromatic rings. The second kappa shape index (κ2) is 9.89. The van der Waals surface area contributed by atoms with E-state index < -0.39 is 0 Å². The van der Waals surface area contributed by atoms with Crippen LogP contribution in [0.3, 0.4) is 0 Å². The van der Waals surface area contributed by atoms with Crippen LogP contribution in [0.25, 0.3) is 0 Å². The van der Waals surface area contributed by atoms with Crippen LogP contribution in [-0.4, -0.2) is 26.0 Å². The number of aromatic nitrogens is 1. The number of thioether (sulfide) groups is 2. The van der Waals surface area contributed by atoms with Crippen LogP contribution in [0.1, 0.15) is 11.1 Å². The quantitative estimate of drug-likeness (QED) is 0.627. The van der Waals surface area contributed by atoms with E-state index in [4.69, 9.17) is 0 Å². The van der Waals surface area contributed by atoms with Gasteiger partial charge in [0.2, 0.25) is 0 Å². The van der Waals surface area contributed by atoms with Crippen LogP contribution >= 0.6 is 60.7 Å². The number of anilines is 1. The number of nitrogens with zero attached hydrogens (tertiary/aromatic N) is 4. The third kappa shape index (κ3) is 4.44. The van der Waals surface area contributed by atoms with Crippen molar-refractivity contribution in [2.24, 2.45) is 9.98 Å². The van der Waals surface area contributed by atoms with Gasteiger partial charge in [-0.25, -0.2) is 9.98 Å². The predicted octanol–water partition coefficient (Wildman–Crippen LogP) is 5.45. The average molecular weight is 475 g/mol. The van der Waals surface area contributed by atoms with Gasteiger partial charge in [-0.2, -0.15) is 0 Å². The summed E-state index contributed by atoms with van der Waals surface area (Å²) >= 11 is 3.41. The number of amidine groups is 2. The van der Waals surface area contributed by atoms with Gasteiger partial charge < -0.3 is 10.2 Å². The largest absolute Gasteiger partial charge is 0.335 e. The number of nitrogens with one attached hydrogen (secondary N) is 1. The lowest BCUT2D eigenvalue weighted by Gasteiger charge is -2.26. The van der Waals surface area contributed by atoms with Crippen LogP contribution in [0, 0.1) is 0 Å². The Labute approximate surface area is 190 Å². The van der Waals surface area contributed by atoms with E-state index in [1.807, 2.05) is 6.07 Å². The first-order valence-electron chi connectivity index (χ1n) is 8.05. The fraction of sp³-hybridized carbons (Fsp3) is 0.167. The SMILES string of the molecule is C1=C(CSC2=NCc3ccccc3N2)N2Cc3cccnc3N=C2S1.Cl.Cl.Cl. The van der Waals surface area contributed by atoms with Crippen molar-refractivity contribution >= 4 is 82.6 Å². The molecular formula is C18H18Cl3N5S2. The van der Waals surface area contributed by atoms with E-state index in [-0.39, 0.29) is 37.2 Å².